The Hall–Kier alpha value is -1.78. The van der Waals surface area contributed by atoms with Crippen LogP contribution < -0.4 is 5.73 Å². The van der Waals surface area contributed by atoms with Gasteiger partial charge in [-0.05, 0) is 13.8 Å². The van der Waals surface area contributed by atoms with Crippen molar-refractivity contribution in [2.45, 2.75) is 20.4 Å². The van der Waals surface area contributed by atoms with E-state index in [9.17, 15) is 0 Å². The van der Waals surface area contributed by atoms with E-state index in [0.29, 0.717) is 0 Å². The first-order valence-electron chi connectivity index (χ1n) is 4.53. The molecule has 2 aromatic heterocycles. The Morgan fingerprint density at radius 2 is 2.29 bits per heavy atom. The Morgan fingerprint density at radius 3 is 2.86 bits per heavy atom. The third-order valence-corrected chi connectivity index (χ3v) is 2.33. The lowest BCUT2D eigenvalue weighted by atomic mass is 10.2. The number of hydrogen-bond acceptors (Lipinski definition) is 2. The van der Waals surface area contributed by atoms with Crippen molar-refractivity contribution in [3.8, 4) is 0 Å². The van der Waals surface area contributed by atoms with E-state index in [1.165, 1.54) is 0 Å². The van der Waals surface area contributed by atoms with E-state index < -0.39 is 0 Å². The molecular weight excluding hydrogens is 178 g/mol. The SMILES string of the molecule is CCn1ccn2nc(C)c(C(=N)N)c12. The number of nitrogen functional groups attached to an aromatic ring is 1. The molecule has 0 unspecified atom stereocenters. The molecule has 0 fully saturated rings. The second kappa shape index (κ2) is 2.87. The van der Waals surface area contributed by atoms with Crippen LogP contribution in [0, 0.1) is 12.3 Å². The molecule has 0 bridgehead atoms. The molecule has 0 aliphatic heterocycles. The predicted octanol–water partition coefficient (Wildman–Crippen LogP) is 0.748. The van der Waals surface area contributed by atoms with Gasteiger partial charge in [-0.25, -0.2) is 4.52 Å². The Bertz CT molecular complexity index is 490. The van der Waals surface area contributed by atoms with E-state index in [4.69, 9.17) is 11.1 Å². The van der Waals surface area contributed by atoms with Crippen molar-refractivity contribution in [3.05, 3.63) is 23.7 Å². The molecule has 2 rings (SSSR count). The molecule has 5 heteroatoms. The summed E-state index contributed by atoms with van der Waals surface area (Å²) >= 11 is 0. The van der Waals surface area contributed by atoms with E-state index in [1.54, 1.807) is 4.52 Å². The molecule has 3 N–H and O–H groups in total. The summed E-state index contributed by atoms with van der Waals surface area (Å²) < 4.78 is 3.78. The van der Waals surface area contributed by atoms with Crippen LogP contribution in [0.2, 0.25) is 0 Å². The maximum Gasteiger partial charge on any atom is 0.147 e. The lowest BCUT2D eigenvalue weighted by Crippen LogP contribution is -2.13. The molecular formula is C9H13N5. The Labute approximate surface area is 81.6 Å². The quantitative estimate of drug-likeness (QED) is 0.543. The molecule has 0 aliphatic rings. The number of nitrogens with zero attached hydrogens (tertiary/aromatic N) is 3. The van der Waals surface area contributed by atoms with Gasteiger partial charge in [0, 0.05) is 18.9 Å². The Balaban J connectivity index is 2.82. The van der Waals surface area contributed by atoms with Crippen LogP contribution in [0.5, 0.6) is 0 Å². The maximum atomic E-state index is 7.50. The first kappa shape index (κ1) is 8.80. The van der Waals surface area contributed by atoms with E-state index in [0.717, 1.165) is 23.4 Å². The molecule has 0 amide bonds. The van der Waals surface area contributed by atoms with Crippen LogP contribution in [-0.2, 0) is 6.54 Å². The minimum absolute atomic E-state index is 0.0749. The Morgan fingerprint density at radius 1 is 1.57 bits per heavy atom. The Kier molecular flexibility index (Phi) is 1.80. The number of nitrogens with one attached hydrogen (secondary N) is 1. The number of aryl methyl sites for hydroxylation is 2. The molecule has 2 heterocycles. The summed E-state index contributed by atoms with van der Waals surface area (Å²) in [5, 5.41) is 11.8. The predicted molar refractivity (Wildman–Crippen MR) is 54.6 cm³/mol. The number of rotatable bonds is 2. The zero-order chi connectivity index (χ0) is 10.3. The summed E-state index contributed by atoms with van der Waals surface area (Å²) in [7, 11) is 0. The second-order valence-electron chi connectivity index (χ2n) is 3.23. The van der Waals surface area contributed by atoms with Crippen molar-refractivity contribution in [1.29, 1.82) is 5.41 Å². The van der Waals surface area contributed by atoms with Gasteiger partial charge in [0.15, 0.2) is 0 Å². The highest BCUT2D eigenvalue weighted by atomic mass is 15.3. The van der Waals surface area contributed by atoms with Crippen LogP contribution >= 0.6 is 0 Å². The summed E-state index contributed by atoms with van der Waals surface area (Å²) in [5.74, 6) is 0.0749. The van der Waals surface area contributed by atoms with Gasteiger partial charge in [-0.15, -0.1) is 0 Å². The molecule has 0 radical (unpaired) electrons. The number of aromatic nitrogens is 3. The van der Waals surface area contributed by atoms with E-state index in [1.807, 2.05) is 30.8 Å². The van der Waals surface area contributed by atoms with Gasteiger partial charge in [-0.1, -0.05) is 0 Å². The van der Waals surface area contributed by atoms with Gasteiger partial charge in [-0.2, -0.15) is 5.10 Å². The van der Waals surface area contributed by atoms with Gasteiger partial charge in [0.05, 0.1) is 11.3 Å². The van der Waals surface area contributed by atoms with Crippen LogP contribution in [0.4, 0.5) is 0 Å². The van der Waals surface area contributed by atoms with E-state index in [2.05, 4.69) is 5.10 Å². The molecule has 0 spiro atoms. The largest absolute Gasteiger partial charge is 0.384 e. The van der Waals surface area contributed by atoms with Gasteiger partial charge < -0.3 is 10.3 Å². The lowest BCUT2D eigenvalue weighted by Gasteiger charge is -2.00. The van der Waals surface area contributed by atoms with Crippen molar-refractivity contribution in [1.82, 2.24) is 14.2 Å². The van der Waals surface area contributed by atoms with Crippen LogP contribution in [0.1, 0.15) is 18.2 Å². The summed E-state index contributed by atoms with van der Waals surface area (Å²) in [6, 6.07) is 0. The zero-order valence-electron chi connectivity index (χ0n) is 8.28. The molecule has 0 saturated heterocycles. The van der Waals surface area contributed by atoms with Crippen molar-refractivity contribution in [2.24, 2.45) is 5.73 Å². The number of nitrogens with two attached hydrogens (primary N) is 1. The third-order valence-electron chi connectivity index (χ3n) is 2.33. The van der Waals surface area contributed by atoms with Crippen molar-refractivity contribution in [3.63, 3.8) is 0 Å². The summed E-state index contributed by atoms with van der Waals surface area (Å²) in [6.07, 6.45) is 3.81. The average molecular weight is 191 g/mol. The average Bonchev–Trinajstić information content (AvgIpc) is 2.60. The maximum absolute atomic E-state index is 7.50. The summed E-state index contributed by atoms with van der Waals surface area (Å²) in [4.78, 5) is 0. The molecule has 74 valence electrons. The van der Waals surface area contributed by atoms with Crippen LogP contribution in [0.15, 0.2) is 12.4 Å². The van der Waals surface area contributed by atoms with Crippen molar-refractivity contribution < 1.29 is 0 Å². The first-order valence-corrected chi connectivity index (χ1v) is 4.53. The number of fused-ring (bicyclic) bond motifs is 1. The summed E-state index contributed by atoms with van der Waals surface area (Å²) in [5.41, 5.74) is 7.96. The monoisotopic (exact) mass is 191 g/mol. The van der Waals surface area contributed by atoms with Gasteiger partial charge in [0.25, 0.3) is 0 Å². The standard InChI is InChI=1S/C9H13N5/c1-3-13-4-5-14-9(13)7(8(10)11)6(2)12-14/h4-5H,3H2,1-2H3,(H3,10,11). The van der Waals surface area contributed by atoms with Crippen molar-refractivity contribution >= 4 is 11.5 Å². The highest BCUT2D eigenvalue weighted by Crippen LogP contribution is 2.15. The minimum Gasteiger partial charge on any atom is -0.384 e. The molecule has 0 saturated carbocycles. The van der Waals surface area contributed by atoms with Gasteiger partial charge in [-0.3, -0.25) is 5.41 Å². The topological polar surface area (TPSA) is 72.1 Å². The smallest absolute Gasteiger partial charge is 0.147 e. The van der Waals surface area contributed by atoms with Crippen LogP contribution in [-0.4, -0.2) is 20.0 Å². The highest BCUT2D eigenvalue weighted by molar-refractivity contribution is 6.01. The van der Waals surface area contributed by atoms with E-state index >= 15 is 0 Å². The van der Waals surface area contributed by atoms with E-state index in [-0.39, 0.29) is 5.84 Å². The fraction of sp³-hybridized carbons (Fsp3) is 0.333. The minimum atomic E-state index is 0.0749. The van der Waals surface area contributed by atoms with Gasteiger partial charge in [0.2, 0.25) is 0 Å². The number of imidazole rings is 1. The molecule has 0 atom stereocenters. The second-order valence-corrected chi connectivity index (χ2v) is 3.23. The zero-order valence-corrected chi connectivity index (χ0v) is 8.28. The third kappa shape index (κ3) is 1.02. The molecule has 2 aromatic rings. The number of amidine groups is 1. The normalized spacial score (nSPS) is 11.0. The van der Waals surface area contributed by atoms with Crippen molar-refractivity contribution in [2.75, 3.05) is 0 Å². The van der Waals surface area contributed by atoms with Crippen LogP contribution in [0.3, 0.4) is 0 Å². The molecule has 0 aromatic carbocycles. The summed E-state index contributed by atoms with van der Waals surface area (Å²) in [6.45, 7) is 4.76. The van der Waals surface area contributed by atoms with Gasteiger partial charge >= 0.3 is 0 Å². The fourth-order valence-electron chi connectivity index (χ4n) is 1.70. The highest BCUT2D eigenvalue weighted by Gasteiger charge is 2.14. The first-order chi connectivity index (χ1) is 6.65. The fourth-order valence-corrected chi connectivity index (χ4v) is 1.70. The van der Waals surface area contributed by atoms with Crippen LogP contribution in [0.25, 0.3) is 5.65 Å². The molecule has 5 nitrogen and oxygen atoms in total. The molecule has 0 aliphatic carbocycles. The van der Waals surface area contributed by atoms with Gasteiger partial charge in [0.1, 0.15) is 11.5 Å². The number of hydrogen-bond donors (Lipinski definition) is 2. The lowest BCUT2D eigenvalue weighted by molar-refractivity contribution is 0.788. The molecule has 14 heavy (non-hydrogen) atoms.